The summed E-state index contributed by atoms with van der Waals surface area (Å²) in [4.78, 5) is 29.2. The van der Waals surface area contributed by atoms with Crippen LogP contribution >= 0.6 is 0 Å². The molecule has 26 heavy (non-hydrogen) atoms. The van der Waals surface area contributed by atoms with Crippen molar-refractivity contribution in [3.8, 4) is 0 Å². The maximum absolute atomic E-state index is 12.8. The van der Waals surface area contributed by atoms with Crippen LogP contribution in [0.5, 0.6) is 0 Å². The molecule has 0 radical (unpaired) electrons. The number of aryl methyl sites for hydroxylation is 3. The van der Waals surface area contributed by atoms with E-state index in [9.17, 15) is 9.59 Å². The van der Waals surface area contributed by atoms with Crippen LogP contribution in [0.3, 0.4) is 0 Å². The highest BCUT2D eigenvalue weighted by Gasteiger charge is 2.28. The fraction of sp³-hybridized carbons (Fsp3) is 0.450. The van der Waals surface area contributed by atoms with Crippen LogP contribution in [0.15, 0.2) is 24.3 Å². The van der Waals surface area contributed by atoms with Crippen LogP contribution in [0.4, 0.5) is 0 Å². The third-order valence-corrected chi connectivity index (χ3v) is 5.19. The molecule has 6 heteroatoms. The number of carbonyl (C=O) groups is 2. The van der Waals surface area contributed by atoms with Crippen LogP contribution in [-0.2, 0) is 13.5 Å². The summed E-state index contributed by atoms with van der Waals surface area (Å²) >= 11 is 0. The van der Waals surface area contributed by atoms with Gasteiger partial charge in [-0.25, -0.2) is 0 Å². The van der Waals surface area contributed by atoms with Crippen LogP contribution in [0, 0.1) is 13.8 Å². The largest absolute Gasteiger partial charge is 0.335 e. The molecule has 1 aromatic carbocycles. The summed E-state index contributed by atoms with van der Waals surface area (Å²) in [5, 5.41) is 4.33. The highest BCUT2D eigenvalue weighted by molar-refractivity contribution is 5.97. The monoisotopic (exact) mass is 354 g/mol. The average molecular weight is 354 g/mol. The fourth-order valence-electron chi connectivity index (χ4n) is 3.42. The summed E-state index contributed by atoms with van der Waals surface area (Å²) in [6.07, 6.45) is 0.961. The molecule has 1 fully saturated rings. The van der Waals surface area contributed by atoms with Gasteiger partial charge in [-0.05, 0) is 38.0 Å². The molecule has 2 heterocycles. The van der Waals surface area contributed by atoms with Gasteiger partial charge in [-0.3, -0.25) is 14.3 Å². The van der Waals surface area contributed by atoms with Crippen molar-refractivity contribution in [2.24, 2.45) is 7.05 Å². The van der Waals surface area contributed by atoms with Gasteiger partial charge in [0.15, 0.2) is 0 Å². The molecular formula is C20H26N4O2. The standard InChI is InChI=1S/C20H26N4O2/c1-5-16-6-8-17(9-7-16)19(25)23-10-12-24(13-11-23)20(26)18-14(2)21-22(4)15(18)3/h6-9H,5,10-13H2,1-4H3. The van der Waals surface area contributed by atoms with Gasteiger partial charge in [0.1, 0.15) is 0 Å². The number of nitrogens with zero attached hydrogens (tertiary/aromatic N) is 4. The van der Waals surface area contributed by atoms with Gasteiger partial charge >= 0.3 is 0 Å². The number of benzene rings is 1. The first-order valence-corrected chi connectivity index (χ1v) is 9.10. The lowest BCUT2D eigenvalue weighted by Crippen LogP contribution is -2.50. The number of hydrogen-bond acceptors (Lipinski definition) is 3. The topological polar surface area (TPSA) is 58.4 Å². The number of rotatable bonds is 3. The summed E-state index contributed by atoms with van der Waals surface area (Å²) in [7, 11) is 1.85. The number of piperazine rings is 1. The van der Waals surface area contributed by atoms with E-state index in [1.165, 1.54) is 5.56 Å². The predicted octanol–water partition coefficient (Wildman–Crippen LogP) is 2.20. The van der Waals surface area contributed by atoms with Crippen molar-refractivity contribution in [3.63, 3.8) is 0 Å². The molecule has 138 valence electrons. The van der Waals surface area contributed by atoms with Gasteiger partial charge in [-0.1, -0.05) is 19.1 Å². The summed E-state index contributed by atoms with van der Waals surface area (Å²) in [5.41, 5.74) is 4.24. The average Bonchev–Trinajstić information content (AvgIpc) is 2.92. The Bertz CT molecular complexity index is 815. The van der Waals surface area contributed by atoms with Crippen LogP contribution in [0.1, 0.15) is 44.6 Å². The summed E-state index contributed by atoms with van der Waals surface area (Å²) in [6, 6.07) is 7.78. The van der Waals surface area contributed by atoms with E-state index in [0.29, 0.717) is 37.3 Å². The maximum Gasteiger partial charge on any atom is 0.257 e. The molecule has 0 unspecified atom stereocenters. The Morgan fingerprint density at radius 3 is 1.96 bits per heavy atom. The second-order valence-electron chi connectivity index (χ2n) is 6.80. The van der Waals surface area contributed by atoms with Crippen molar-refractivity contribution in [2.75, 3.05) is 26.2 Å². The van der Waals surface area contributed by atoms with E-state index in [0.717, 1.165) is 17.8 Å². The molecule has 3 rings (SSSR count). The Morgan fingerprint density at radius 1 is 0.962 bits per heavy atom. The van der Waals surface area contributed by atoms with Crippen molar-refractivity contribution in [3.05, 3.63) is 52.3 Å². The summed E-state index contributed by atoms with van der Waals surface area (Å²) in [5.74, 6) is 0.0426. The summed E-state index contributed by atoms with van der Waals surface area (Å²) < 4.78 is 1.74. The number of carbonyl (C=O) groups excluding carboxylic acids is 2. The second kappa shape index (κ2) is 7.32. The summed E-state index contributed by atoms with van der Waals surface area (Å²) in [6.45, 7) is 8.07. The van der Waals surface area contributed by atoms with E-state index in [2.05, 4.69) is 12.0 Å². The molecular weight excluding hydrogens is 328 g/mol. The minimum atomic E-state index is 0.00694. The number of hydrogen-bond donors (Lipinski definition) is 0. The van der Waals surface area contributed by atoms with Crippen molar-refractivity contribution in [1.82, 2.24) is 19.6 Å². The molecule has 0 spiro atoms. The molecule has 0 aliphatic carbocycles. The molecule has 0 saturated carbocycles. The van der Waals surface area contributed by atoms with Crippen LogP contribution in [0.2, 0.25) is 0 Å². The predicted molar refractivity (Wildman–Crippen MR) is 100 cm³/mol. The lowest BCUT2D eigenvalue weighted by atomic mass is 10.1. The molecule has 1 aliphatic rings. The van der Waals surface area contributed by atoms with Crippen LogP contribution in [0.25, 0.3) is 0 Å². The van der Waals surface area contributed by atoms with Gasteiger partial charge < -0.3 is 9.80 Å². The Hall–Kier alpha value is -2.63. The van der Waals surface area contributed by atoms with Crippen molar-refractivity contribution >= 4 is 11.8 Å². The van der Waals surface area contributed by atoms with E-state index in [-0.39, 0.29) is 11.8 Å². The number of aromatic nitrogens is 2. The van der Waals surface area contributed by atoms with Gasteiger partial charge in [-0.2, -0.15) is 5.10 Å². The van der Waals surface area contributed by atoms with Crippen LogP contribution < -0.4 is 0 Å². The molecule has 1 saturated heterocycles. The van der Waals surface area contributed by atoms with Gasteiger partial charge in [0.2, 0.25) is 0 Å². The second-order valence-corrected chi connectivity index (χ2v) is 6.80. The van der Waals surface area contributed by atoms with E-state index < -0.39 is 0 Å². The fourth-order valence-corrected chi connectivity index (χ4v) is 3.42. The minimum absolute atomic E-state index is 0.00694. The minimum Gasteiger partial charge on any atom is -0.335 e. The van der Waals surface area contributed by atoms with E-state index in [4.69, 9.17) is 0 Å². The zero-order chi connectivity index (χ0) is 18.8. The highest BCUT2D eigenvalue weighted by atomic mass is 16.2. The maximum atomic E-state index is 12.8. The third kappa shape index (κ3) is 3.36. The molecule has 6 nitrogen and oxygen atoms in total. The molecule has 0 atom stereocenters. The number of amides is 2. The molecule has 1 aromatic heterocycles. The van der Waals surface area contributed by atoms with Gasteiger partial charge in [0, 0.05) is 44.5 Å². The Labute approximate surface area is 154 Å². The first-order valence-electron chi connectivity index (χ1n) is 9.10. The molecule has 2 aromatic rings. The van der Waals surface area contributed by atoms with Gasteiger partial charge in [0.25, 0.3) is 11.8 Å². The zero-order valence-electron chi connectivity index (χ0n) is 16.0. The van der Waals surface area contributed by atoms with E-state index in [1.54, 1.807) is 4.68 Å². The highest BCUT2D eigenvalue weighted by Crippen LogP contribution is 2.17. The Balaban J connectivity index is 1.65. The molecule has 1 aliphatic heterocycles. The van der Waals surface area contributed by atoms with Crippen molar-refractivity contribution < 1.29 is 9.59 Å². The van der Waals surface area contributed by atoms with Crippen LogP contribution in [-0.4, -0.2) is 57.6 Å². The first kappa shape index (κ1) is 18.2. The normalized spacial score (nSPS) is 14.6. The SMILES string of the molecule is CCc1ccc(C(=O)N2CCN(C(=O)c3c(C)nn(C)c3C)CC2)cc1. The quantitative estimate of drug-likeness (QED) is 0.849. The molecule has 0 bridgehead atoms. The Morgan fingerprint density at radius 2 is 1.50 bits per heavy atom. The zero-order valence-corrected chi connectivity index (χ0v) is 16.0. The lowest BCUT2D eigenvalue weighted by molar-refractivity contribution is 0.0534. The Kier molecular flexibility index (Phi) is 5.11. The smallest absolute Gasteiger partial charge is 0.257 e. The van der Waals surface area contributed by atoms with Gasteiger partial charge in [-0.15, -0.1) is 0 Å². The molecule has 0 N–H and O–H groups in total. The van der Waals surface area contributed by atoms with Crippen molar-refractivity contribution in [1.29, 1.82) is 0 Å². The third-order valence-electron chi connectivity index (χ3n) is 5.19. The van der Waals surface area contributed by atoms with E-state index >= 15 is 0 Å². The van der Waals surface area contributed by atoms with Gasteiger partial charge in [0.05, 0.1) is 11.3 Å². The molecule has 2 amide bonds. The lowest BCUT2D eigenvalue weighted by Gasteiger charge is -2.35. The van der Waals surface area contributed by atoms with Crippen molar-refractivity contribution in [2.45, 2.75) is 27.2 Å². The van der Waals surface area contributed by atoms with E-state index in [1.807, 2.05) is 55.0 Å². The first-order chi connectivity index (χ1) is 12.4.